The molecule has 1 aliphatic rings. The number of rotatable bonds is 2. The van der Waals surface area contributed by atoms with Crippen LogP contribution >= 0.6 is 15.9 Å². The molecule has 0 aliphatic carbocycles. The summed E-state index contributed by atoms with van der Waals surface area (Å²) in [6, 6.07) is 16.1. The summed E-state index contributed by atoms with van der Waals surface area (Å²) in [4.78, 5) is 14.6. The molecule has 0 unspecified atom stereocenters. The first-order valence-electron chi connectivity index (χ1n) is 6.85. The van der Waals surface area contributed by atoms with E-state index in [1.54, 1.807) is 0 Å². The largest absolute Gasteiger partial charge is 0.334 e. The molecule has 0 fully saturated rings. The van der Waals surface area contributed by atoms with E-state index in [0.717, 1.165) is 35.0 Å². The molecule has 0 bridgehead atoms. The molecule has 0 aromatic heterocycles. The average Bonchev–Trinajstić information content (AvgIpc) is 2.60. The van der Waals surface area contributed by atoms with E-state index in [4.69, 9.17) is 0 Å². The predicted molar refractivity (Wildman–Crippen MR) is 83.6 cm³/mol. The summed E-state index contributed by atoms with van der Waals surface area (Å²) in [7, 11) is 0. The fourth-order valence-corrected chi connectivity index (χ4v) is 3.13. The molecule has 1 aliphatic heterocycles. The minimum absolute atomic E-state index is 0.151. The molecule has 3 rings (SSSR count). The molecule has 1 heterocycles. The number of carbonyl (C=O) groups excluding carboxylic acids is 1. The smallest absolute Gasteiger partial charge is 0.254 e. The number of fused-ring (bicyclic) bond motifs is 1. The van der Waals surface area contributed by atoms with Gasteiger partial charge < -0.3 is 4.90 Å². The van der Waals surface area contributed by atoms with Gasteiger partial charge in [-0.05, 0) is 42.2 Å². The summed E-state index contributed by atoms with van der Waals surface area (Å²) in [6.45, 7) is 1.49. The third-order valence-electron chi connectivity index (χ3n) is 3.67. The molecule has 3 heteroatoms. The standard InChI is InChI=1S/C17H16BrNO/c18-15-8-3-5-13(11-15)12-19-10-4-7-14-6-1-2-9-16(14)17(19)20/h1-3,5-6,8-9,11H,4,7,10,12H2. The van der Waals surface area contributed by atoms with Crippen molar-refractivity contribution in [2.75, 3.05) is 6.54 Å². The topological polar surface area (TPSA) is 20.3 Å². The Labute approximate surface area is 127 Å². The molecule has 0 N–H and O–H groups in total. The second-order valence-corrected chi connectivity index (χ2v) is 6.03. The summed E-state index contributed by atoms with van der Waals surface area (Å²) in [5, 5.41) is 0. The zero-order valence-electron chi connectivity index (χ0n) is 11.2. The van der Waals surface area contributed by atoms with E-state index in [2.05, 4.69) is 34.1 Å². The Morgan fingerprint density at radius 1 is 1.10 bits per heavy atom. The zero-order valence-corrected chi connectivity index (χ0v) is 12.8. The van der Waals surface area contributed by atoms with Crippen molar-refractivity contribution in [1.29, 1.82) is 0 Å². The molecule has 20 heavy (non-hydrogen) atoms. The number of nitrogens with zero attached hydrogens (tertiary/aromatic N) is 1. The van der Waals surface area contributed by atoms with Crippen LogP contribution in [-0.4, -0.2) is 17.4 Å². The molecule has 0 saturated heterocycles. The third-order valence-corrected chi connectivity index (χ3v) is 4.16. The number of carbonyl (C=O) groups is 1. The van der Waals surface area contributed by atoms with Crippen LogP contribution in [0, 0.1) is 0 Å². The molecular weight excluding hydrogens is 314 g/mol. The lowest BCUT2D eigenvalue weighted by molar-refractivity contribution is 0.0749. The maximum Gasteiger partial charge on any atom is 0.254 e. The van der Waals surface area contributed by atoms with Gasteiger partial charge in [0.05, 0.1) is 0 Å². The Kier molecular flexibility index (Phi) is 3.88. The van der Waals surface area contributed by atoms with Crippen molar-refractivity contribution in [2.45, 2.75) is 19.4 Å². The summed E-state index contributed by atoms with van der Waals surface area (Å²) in [6.07, 6.45) is 2.01. The summed E-state index contributed by atoms with van der Waals surface area (Å²) < 4.78 is 1.05. The molecule has 0 saturated carbocycles. The lowest BCUT2D eigenvalue weighted by Gasteiger charge is -2.21. The van der Waals surface area contributed by atoms with E-state index in [0.29, 0.717) is 6.54 Å². The lowest BCUT2D eigenvalue weighted by atomic mass is 10.0. The van der Waals surface area contributed by atoms with Gasteiger partial charge in [-0.3, -0.25) is 4.79 Å². The molecular formula is C17H16BrNO. The minimum atomic E-state index is 0.151. The van der Waals surface area contributed by atoms with E-state index < -0.39 is 0 Å². The molecule has 102 valence electrons. The highest BCUT2D eigenvalue weighted by atomic mass is 79.9. The van der Waals surface area contributed by atoms with Crippen molar-refractivity contribution in [3.63, 3.8) is 0 Å². The highest BCUT2D eigenvalue weighted by Crippen LogP contribution is 2.21. The molecule has 0 radical (unpaired) electrons. The lowest BCUT2D eigenvalue weighted by Crippen LogP contribution is -2.30. The van der Waals surface area contributed by atoms with Gasteiger partial charge in [-0.2, -0.15) is 0 Å². The zero-order chi connectivity index (χ0) is 13.9. The fraction of sp³-hybridized carbons (Fsp3) is 0.235. The Morgan fingerprint density at radius 2 is 1.95 bits per heavy atom. The van der Waals surface area contributed by atoms with Crippen molar-refractivity contribution < 1.29 is 4.79 Å². The van der Waals surface area contributed by atoms with Crippen LogP contribution in [0.25, 0.3) is 0 Å². The number of benzene rings is 2. The van der Waals surface area contributed by atoms with Crippen LogP contribution in [0.15, 0.2) is 53.0 Å². The van der Waals surface area contributed by atoms with Crippen molar-refractivity contribution in [3.8, 4) is 0 Å². The van der Waals surface area contributed by atoms with Gasteiger partial charge >= 0.3 is 0 Å². The van der Waals surface area contributed by atoms with Crippen LogP contribution < -0.4 is 0 Å². The molecule has 2 aromatic rings. The van der Waals surface area contributed by atoms with Gasteiger partial charge in [0.25, 0.3) is 5.91 Å². The number of halogens is 1. The maximum atomic E-state index is 12.6. The van der Waals surface area contributed by atoms with Gasteiger partial charge in [-0.1, -0.05) is 46.3 Å². The summed E-state index contributed by atoms with van der Waals surface area (Å²) >= 11 is 3.48. The van der Waals surface area contributed by atoms with Crippen molar-refractivity contribution in [3.05, 3.63) is 69.7 Å². The number of hydrogen-bond acceptors (Lipinski definition) is 1. The van der Waals surface area contributed by atoms with Crippen LogP contribution in [0.5, 0.6) is 0 Å². The second-order valence-electron chi connectivity index (χ2n) is 5.12. The first-order chi connectivity index (χ1) is 9.74. The van der Waals surface area contributed by atoms with Crippen LogP contribution in [0.1, 0.15) is 27.9 Å². The van der Waals surface area contributed by atoms with Gasteiger partial charge in [0.2, 0.25) is 0 Å². The molecule has 1 amide bonds. The van der Waals surface area contributed by atoms with Gasteiger partial charge in [-0.15, -0.1) is 0 Å². The van der Waals surface area contributed by atoms with E-state index in [-0.39, 0.29) is 5.91 Å². The predicted octanol–water partition coefficient (Wildman–Crippen LogP) is 4.04. The Bertz CT molecular complexity index is 638. The van der Waals surface area contributed by atoms with Crippen LogP contribution in [0.2, 0.25) is 0 Å². The van der Waals surface area contributed by atoms with E-state index >= 15 is 0 Å². The van der Waals surface area contributed by atoms with Gasteiger partial charge in [0.1, 0.15) is 0 Å². The fourth-order valence-electron chi connectivity index (χ4n) is 2.69. The third kappa shape index (κ3) is 2.78. The Morgan fingerprint density at radius 3 is 2.80 bits per heavy atom. The number of amides is 1. The van der Waals surface area contributed by atoms with Crippen LogP contribution in [-0.2, 0) is 13.0 Å². The van der Waals surface area contributed by atoms with Crippen LogP contribution in [0.4, 0.5) is 0 Å². The average molecular weight is 330 g/mol. The first-order valence-corrected chi connectivity index (χ1v) is 7.65. The van der Waals surface area contributed by atoms with Gasteiger partial charge in [-0.25, -0.2) is 0 Å². The number of aryl methyl sites for hydroxylation is 1. The SMILES string of the molecule is O=C1c2ccccc2CCCN1Cc1cccc(Br)c1. The molecule has 2 nitrogen and oxygen atoms in total. The quantitative estimate of drug-likeness (QED) is 0.814. The van der Waals surface area contributed by atoms with E-state index in [9.17, 15) is 4.79 Å². The van der Waals surface area contributed by atoms with Gasteiger partial charge in [0, 0.05) is 23.1 Å². The minimum Gasteiger partial charge on any atom is -0.334 e. The Balaban J connectivity index is 1.86. The number of hydrogen-bond donors (Lipinski definition) is 0. The molecule has 0 spiro atoms. The monoisotopic (exact) mass is 329 g/mol. The highest BCUT2D eigenvalue weighted by molar-refractivity contribution is 9.10. The van der Waals surface area contributed by atoms with Crippen molar-refractivity contribution in [1.82, 2.24) is 4.90 Å². The second kappa shape index (κ2) is 5.80. The molecule has 0 atom stereocenters. The summed E-state index contributed by atoms with van der Waals surface area (Å²) in [5.41, 5.74) is 3.20. The van der Waals surface area contributed by atoms with Crippen molar-refractivity contribution in [2.24, 2.45) is 0 Å². The first kappa shape index (κ1) is 13.4. The summed E-state index contributed by atoms with van der Waals surface area (Å²) in [5.74, 6) is 0.151. The van der Waals surface area contributed by atoms with E-state index in [1.165, 1.54) is 5.56 Å². The maximum absolute atomic E-state index is 12.6. The normalized spacial score (nSPS) is 14.8. The highest BCUT2D eigenvalue weighted by Gasteiger charge is 2.21. The van der Waals surface area contributed by atoms with Crippen LogP contribution in [0.3, 0.4) is 0 Å². The van der Waals surface area contributed by atoms with E-state index in [1.807, 2.05) is 35.2 Å². The Hall–Kier alpha value is -1.61. The molecule has 2 aromatic carbocycles. The van der Waals surface area contributed by atoms with Gasteiger partial charge in [0.15, 0.2) is 0 Å². The van der Waals surface area contributed by atoms with Crippen molar-refractivity contribution >= 4 is 21.8 Å².